The Labute approximate surface area is 227 Å². The molecule has 1 saturated heterocycles. The second kappa shape index (κ2) is 10.0. The Bertz CT molecular complexity index is 1670. The summed E-state index contributed by atoms with van der Waals surface area (Å²) in [7, 11) is 3.01. The quantitative estimate of drug-likeness (QED) is 0.400. The van der Waals surface area contributed by atoms with Crippen LogP contribution in [-0.2, 0) is 13.2 Å². The molecular formula is C28H25F3N6O3. The lowest BCUT2D eigenvalue weighted by Crippen LogP contribution is -2.33. The Hall–Kier alpha value is -4.87. The standard InChI is InChI=1S/C28H25F3N6O3/c1-17-22(18-7-9-20(10-8-18)37-16-33-34(3)26(37)39)11-12-23(28(29,30)31)24(17)36-14-13-35(27(36)40)21-6-4-5-19(15-21)25(38)32-2/h4-12,15-16H,13-14H2,1-3H3,(H,32,38). The van der Waals surface area contributed by atoms with Gasteiger partial charge in [0.2, 0.25) is 0 Å². The number of anilines is 2. The van der Waals surface area contributed by atoms with E-state index in [1.165, 1.54) is 46.7 Å². The topological polar surface area (TPSA) is 92.5 Å². The van der Waals surface area contributed by atoms with Gasteiger partial charge in [-0.05, 0) is 60.0 Å². The molecule has 0 atom stereocenters. The number of nitrogens with one attached hydrogen (secondary N) is 1. The molecule has 0 aliphatic carbocycles. The smallest absolute Gasteiger partial charge is 0.355 e. The zero-order chi connectivity index (χ0) is 28.8. The highest BCUT2D eigenvalue weighted by molar-refractivity contribution is 6.08. The van der Waals surface area contributed by atoms with E-state index in [2.05, 4.69) is 10.4 Å². The number of amides is 3. The highest BCUT2D eigenvalue weighted by Gasteiger charge is 2.41. The van der Waals surface area contributed by atoms with Crippen LogP contribution in [0.4, 0.5) is 29.3 Å². The van der Waals surface area contributed by atoms with Crippen LogP contribution >= 0.6 is 0 Å². The van der Waals surface area contributed by atoms with Crippen LogP contribution < -0.4 is 20.8 Å². The monoisotopic (exact) mass is 550 g/mol. The normalized spacial score (nSPS) is 13.7. The van der Waals surface area contributed by atoms with Crippen LogP contribution in [0.25, 0.3) is 16.8 Å². The minimum atomic E-state index is -4.70. The van der Waals surface area contributed by atoms with Crippen LogP contribution in [0.2, 0.25) is 0 Å². The molecule has 1 aliphatic heterocycles. The number of benzene rings is 3. The third-order valence-corrected chi connectivity index (χ3v) is 6.94. The van der Waals surface area contributed by atoms with Crippen LogP contribution in [0, 0.1) is 6.92 Å². The van der Waals surface area contributed by atoms with Crippen molar-refractivity contribution in [3.05, 3.63) is 94.2 Å². The van der Waals surface area contributed by atoms with Crippen molar-refractivity contribution in [1.82, 2.24) is 19.7 Å². The van der Waals surface area contributed by atoms with E-state index in [0.29, 0.717) is 28.1 Å². The maximum absolute atomic E-state index is 14.2. The van der Waals surface area contributed by atoms with E-state index < -0.39 is 17.8 Å². The summed E-state index contributed by atoms with van der Waals surface area (Å²) in [5, 5.41) is 6.44. The van der Waals surface area contributed by atoms with Gasteiger partial charge in [0.05, 0.1) is 16.9 Å². The van der Waals surface area contributed by atoms with E-state index in [1.807, 2.05) is 0 Å². The molecular weight excluding hydrogens is 525 g/mol. The number of hydrogen-bond donors (Lipinski definition) is 1. The Morgan fingerprint density at radius 3 is 2.27 bits per heavy atom. The Balaban J connectivity index is 1.54. The lowest BCUT2D eigenvalue weighted by atomic mass is 9.95. The minimum Gasteiger partial charge on any atom is -0.355 e. The van der Waals surface area contributed by atoms with Gasteiger partial charge < -0.3 is 5.32 Å². The van der Waals surface area contributed by atoms with E-state index in [9.17, 15) is 27.6 Å². The average Bonchev–Trinajstić information content (AvgIpc) is 3.48. The number of nitrogens with zero attached hydrogens (tertiary/aromatic N) is 5. The SMILES string of the molecule is CNC(=O)c1cccc(N2CCN(c3c(C(F)(F)F)ccc(-c4ccc(-n5cnn(C)c5=O)cc4)c3C)C2=O)c1. The van der Waals surface area contributed by atoms with Crippen molar-refractivity contribution in [1.29, 1.82) is 0 Å². The van der Waals surface area contributed by atoms with Crippen LogP contribution in [0.3, 0.4) is 0 Å². The van der Waals surface area contributed by atoms with Crippen molar-refractivity contribution in [2.75, 3.05) is 29.9 Å². The lowest BCUT2D eigenvalue weighted by Gasteiger charge is -2.26. The van der Waals surface area contributed by atoms with Gasteiger partial charge >= 0.3 is 17.9 Å². The molecule has 2 heterocycles. The maximum Gasteiger partial charge on any atom is 0.418 e. The highest BCUT2D eigenvalue weighted by atomic mass is 19.4. The van der Waals surface area contributed by atoms with Crippen molar-refractivity contribution in [2.45, 2.75) is 13.1 Å². The summed E-state index contributed by atoms with van der Waals surface area (Å²) in [6, 6.07) is 14.9. The molecule has 206 valence electrons. The van der Waals surface area contributed by atoms with Gasteiger partial charge in [-0.2, -0.15) is 18.3 Å². The Morgan fingerprint density at radius 2 is 1.65 bits per heavy atom. The first-order valence-electron chi connectivity index (χ1n) is 12.3. The fraction of sp³-hybridized carbons (Fsp3) is 0.214. The molecule has 9 nitrogen and oxygen atoms in total. The molecule has 1 aliphatic rings. The van der Waals surface area contributed by atoms with Gasteiger partial charge in [-0.25, -0.2) is 18.8 Å². The summed E-state index contributed by atoms with van der Waals surface area (Å²) in [6.45, 7) is 1.73. The first-order valence-corrected chi connectivity index (χ1v) is 12.3. The number of carbonyl (C=O) groups excluding carboxylic acids is 2. The van der Waals surface area contributed by atoms with Gasteiger partial charge in [-0.1, -0.05) is 24.3 Å². The molecule has 12 heteroatoms. The van der Waals surface area contributed by atoms with E-state index in [0.717, 1.165) is 11.0 Å². The predicted molar refractivity (Wildman–Crippen MR) is 144 cm³/mol. The first kappa shape index (κ1) is 26.7. The Morgan fingerprint density at radius 1 is 0.950 bits per heavy atom. The first-order chi connectivity index (χ1) is 19.0. The summed E-state index contributed by atoms with van der Waals surface area (Å²) in [5.41, 5.74) is 1.25. The Kier molecular flexibility index (Phi) is 6.70. The van der Waals surface area contributed by atoms with E-state index in [-0.39, 0.29) is 35.9 Å². The molecule has 1 fully saturated rings. The fourth-order valence-electron chi connectivity index (χ4n) is 4.90. The molecule has 40 heavy (non-hydrogen) atoms. The zero-order valence-corrected chi connectivity index (χ0v) is 21.9. The second-order valence-electron chi connectivity index (χ2n) is 9.30. The number of urea groups is 1. The van der Waals surface area contributed by atoms with Crippen LogP contribution in [0.5, 0.6) is 0 Å². The summed E-state index contributed by atoms with van der Waals surface area (Å²) < 4.78 is 45.1. The molecule has 0 spiro atoms. The third-order valence-electron chi connectivity index (χ3n) is 6.94. The number of hydrogen-bond acceptors (Lipinski definition) is 4. The number of aryl methyl sites for hydroxylation is 1. The summed E-state index contributed by atoms with van der Waals surface area (Å²) in [4.78, 5) is 40.3. The molecule has 5 rings (SSSR count). The van der Waals surface area contributed by atoms with Crippen LogP contribution in [-0.4, -0.2) is 46.4 Å². The van der Waals surface area contributed by atoms with Crippen molar-refractivity contribution in [2.24, 2.45) is 7.05 Å². The molecule has 1 N–H and O–H groups in total. The van der Waals surface area contributed by atoms with Crippen molar-refractivity contribution in [3.63, 3.8) is 0 Å². The van der Waals surface area contributed by atoms with Gasteiger partial charge in [0.25, 0.3) is 5.91 Å². The van der Waals surface area contributed by atoms with Gasteiger partial charge in [0, 0.05) is 38.4 Å². The molecule has 0 radical (unpaired) electrons. The number of carbonyl (C=O) groups is 2. The number of aromatic nitrogens is 3. The molecule has 4 aromatic rings. The van der Waals surface area contributed by atoms with Gasteiger partial charge in [-0.3, -0.25) is 14.6 Å². The molecule has 0 bridgehead atoms. The van der Waals surface area contributed by atoms with Gasteiger partial charge in [0.15, 0.2) is 0 Å². The van der Waals surface area contributed by atoms with Crippen molar-refractivity contribution >= 4 is 23.3 Å². The summed E-state index contributed by atoms with van der Waals surface area (Å²) >= 11 is 0. The van der Waals surface area contributed by atoms with E-state index >= 15 is 0 Å². The van der Waals surface area contributed by atoms with Crippen LogP contribution in [0.1, 0.15) is 21.5 Å². The zero-order valence-electron chi connectivity index (χ0n) is 21.9. The predicted octanol–water partition coefficient (Wildman–Crippen LogP) is 4.37. The van der Waals surface area contributed by atoms with E-state index in [4.69, 9.17) is 0 Å². The molecule has 0 unspecified atom stereocenters. The van der Waals surface area contributed by atoms with Gasteiger partial charge in [0.1, 0.15) is 6.33 Å². The molecule has 3 aromatic carbocycles. The number of rotatable bonds is 5. The minimum absolute atomic E-state index is 0.0271. The summed E-state index contributed by atoms with van der Waals surface area (Å²) in [5.74, 6) is -0.340. The second-order valence-corrected chi connectivity index (χ2v) is 9.30. The average molecular weight is 551 g/mol. The summed E-state index contributed by atoms with van der Waals surface area (Å²) in [6.07, 6.45) is -3.31. The maximum atomic E-state index is 14.2. The molecule has 1 aromatic heterocycles. The van der Waals surface area contributed by atoms with E-state index in [1.54, 1.807) is 49.4 Å². The van der Waals surface area contributed by atoms with Crippen molar-refractivity contribution < 1.29 is 22.8 Å². The van der Waals surface area contributed by atoms with Crippen LogP contribution in [0.15, 0.2) is 71.8 Å². The number of halogens is 3. The van der Waals surface area contributed by atoms with Crippen molar-refractivity contribution in [3.8, 4) is 16.8 Å². The largest absolute Gasteiger partial charge is 0.418 e. The van der Waals surface area contributed by atoms with Gasteiger partial charge in [-0.15, -0.1) is 0 Å². The third kappa shape index (κ3) is 4.61. The molecule has 0 saturated carbocycles. The molecule has 3 amide bonds. The number of alkyl halides is 3. The highest BCUT2D eigenvalue weighted by Crippen LogP contribution is 2.43. The lowest BCUT2D eigenvalue weighted by molar-refractivity contribution is -0.137. The fourth-order valence-corrected chi connectivity index (χ4v) is 4.90.